The number of aryl methyl sites for hydroxylation is 1. The van der Waals surface area contributed by atoms with Crippen molar-refractivity contribution in [1.29, 1.82) is 0 Å². The molecule has 1 aliphatic heterocycles. The van der Waals surface area contributed by atoms with Gasteiger partial charge in [0.05, 0.1) is 11.4 Å². The number of rotatable bonds is 2. The van der Waals surface area contributed by atoms with Gasteiger partial charge in [0.15, 0.2) is 5.65 Å². The summed E-state index contributed by atoms with van der Waals surface area (Å²) in [6.45, 7) is 9.07. The SMILES string of the molecule is Cc1nn2c(C3CCCN(C(=O)OC(C)(C)C)C3)ccnc2c1N(C)C. The average Bonchev–Trinajstić information content (AvgIpc) is 2.89. The molecule has 0 spiro atoms. The van der Waals surface area contributed by atoms with Crippen molar-refractivity contribution < 1.29 is 9.53 Å². The van der Waals surface area contributed by atoms with Crippen molar-refractivity contribution in [2.24, 2.45) is 0 Å². The molecule has 0 bridgehead atoms. The van der Waals surface area contributed by atoms with E-state index in [4.69, 9.17) is 9.84 Å². The first kappa shape index (κ1) is 18.5. The van der Waals surface area contributed by atoms with Crippen LogP contribution in [0.1, 0.15) is 50.9 Å². The van der Waals surface area contributed by atoms with E-state index in [1.54, 1.807) is 0 Å². The summed E-state index contributed by atoms with van der Waals surface area (Å²) >= 11 is 0. The van der Waals surface area contributed by atoms with Gasteiger partial charge in [-0.15, -0.1) is 0 Å². The van der Waals surface area contributed by atoms with E-state index in [9.17, 15) is 4.79 Å². The van der Waals surface area contributed by atoms with E-state index in [1.165, 1.54) is 0 Å². The quantitative estimate of drug-likeness (QED) is 0.824. The molecule has 7 heteroatoms. The fourth-order valence-corrected chi connectivity index (χ4v) is 3.60. The number of hydrogen-bond acceptors (Lipinski definition) is 5. The van der Waals surface area contributed by atoms with Crippen molar-refractivity contribution in [2.45, 2.75) is 52.1 Å². The number of aromatic nitrogens is 3. The maximum absolute atomic E-state index is 12.5. The molecule has 0 aliphatic carbocycles. The number of carbonyl (C=O) groups excluding carboxylic acids is 1. The van der Waals surface area contributed by atoms with Crippen LogP contribution in [0, 0.1) is 6.92 Å². The highest BCUT2D eigenvalue weighted by molar-refractivity contribution is 5.71. The second-order valence-corrected chi connectivity index (χ2v) is 8.20. The molecule has 2 aromatic heterocycles. The molecule has 0 radical (unpaired) electrons. The highest BCUT2D eigenvalue weighted by Gasteiger charge is 2.30. The molecule has 0 aromatic carbocycles. The van der Waals surface area contributed by atoms with Crippen LogP contribution in [-0.2, 0) is 4.74 Å². The van der Waals surface area contributed by atoms with Crippen LogP contribution < -0.4 is 4.90 Å². The van der Waals surface area contributed by atoms with Gasteiger partial charge in [0, 0.05) is 39.3 Å². The summed E-state index contributed by atoms with van der Waals surface area (Å²) in [7, 11) is 4.01. The zero-order chi connectivity index (χ0) is 19.1. The van der Waals surface area contributed by atoms with Gasteiger partial charge in [-0.3, -0.25) is 0 Å². The van der Waals surface area contributed by atoms with Crippen LogP contribution in [0.2, 0.25) is 0 Å². The lowest BCUT2D eigenvalue weighted by molar-refractivity contribution is 0.0196. The summed E-state index contributed by atoms with van der Waals surface area (Å²) in [6, 6.07) is 2.02. The molecule has 1 aliphatic rings. The van der Waals surface area contributed by atoms with Crippen LogP contribution in [0.15, 0.2) is 12.3 Å². The molecule has 0 N–H and O–H groups in total. The van der Waals surface area contributed by atoms with Crippen LogP contribution in [0.5, 0.6) is 0 Å². The van der Waals surface area contributed by atoms with Crippen LogP contribution in [-0.4, -0.2) is 58.4 Å². The van der Waals surface area contributed by atoms with Gasteiger partial charge < -0.3 is 14.5 Å². The lowest BCUT2D eigenvalue weighted by Gasteiger charge is -2.34. The number of amides is 1. The van der Waals surface area contributed by atoms with Crippen LogP contribution in [0.3, 0.4) is 0 Å². The van der Waals surface area contributed by atoms with Crippen LogP contribution in [0.25, 0.3) is 5.65 Å². The van der Waals surface area contributed by atoms with Gasteiger partial charge in [0.2, 0.25) is 0 Å². The molecule has 142 valence electrons. The third kappa shape index (κ3) is 3.61. The molecule has 2 aromatic rings. The smallest absolute Gasteiger partial charge is 0.410 e. The lowest BCUT2D eigenvalue weighted by Crippen LogP contribution is -2.42. The van der Waals surface area contributed by atoms with Gasteiger partial charge in [0.1, 0.15) is 11.3 Å². The standard InChI is InChI=1S/C19H29N5O2/c1-13-16(22(5)6)17-20-10-9-15(24(17)21-13)14-8-7-11-23(12-14)18(25)26-19(2,3)4/h9-10,14H,7-8,11-12H2,1-6H3. The summed E-state index contributed by atoms with van der Waals surface area (Å²) < 4.78 is 7.49. The number of carbonyl (C=O) groups is 1. The zero-order valence-corrected chi connectivity index (χ0v) is 16.6. The maximum Gasteiger partial charge on any atom is 0.410 e. The number of piperidine rings is 1. The zero-order valence-electron chi connectivity index (χ0n) is 16.6. The van der Waals surface area contributed by atoms with Gasteiger partial charge in [0.25, 0.3) is 0 Å². The van der Waals surface area contributed by atoms with Gasteiger partial charge in [-0.1, -0.05) is 0 Å². The molecule has 1 atom stereocenters. The van der Waals surface area contributed by atoms with E-state index in [0.29, 0.717) is 6.54 Å². The first-order chi connectivity index (χ1) is 12.2. The number of nitrogens with zero attached hydrogens (tertiary/aromatic N) is 5. The molecule has 3 rings (SSSR count). The number of anilines is 1. The number of likely N-dealkylation sites (tertiary alicyclic amines) is 1. The van der Waals surface area contributed by atoms with E-state index in [0.717, 1.165) is 42.1 Å². The minimum absolute atomic E-state index is 0.219. The molecule has 7 nitrogen and oxygen atoms in total. The Hall–Kier alpha value is -2.31. The van der Waals surface area contributed by atoms with Gasteiger partial charge in [-0.05, 0) is 46.6 Å². The first-order valence-electron chi connectivity index (χ1n) is 9.17. The monoisotopic (exact) mass is 359 g/mol. The Bertz CT molecular complexity index is 806. The lowest BCUT2D eigenvalue weighted by atomic mass is 9.94. The Kier molecular flexibility index (Phi) is 4.82. The molecular weight excluding hydrogens is 330 g/mol. The maximum atomic E-state index is 12.5. The summed E-state index contributed by atoms with van der Waals surface area (Å²) in [4.78, 5) is 20.9. The van der Waals surface area contributed by atoms with E-state index in [-0.39, 0.29) is 12.0 Å². The predicted molar refractivity (Wildman–Crippen MR) is 102 cm³/mol. The molecule has 1 amide bonds. The summed E-state index contributed by atoms with van der Waals surface area (Å²) in [5.74, 6) is 0.219. The molecule has 1 fully saturated rings. The Morgan fingerprint density at radius 2 is 2.08 bits per heavy atom. The predicted octanol–water partition coefficient (Wildman–Crippen LogP) is 3.22. The Labute approximate surface area is 154 Å². The van der Waals surface area contributed by atoms with E-state index < -0.39 is 5.60 Å². The molecule has 1 saturated heterocycles. The highest BCUT2D eigenvalue weighted by Crippen LogP contribution is 2.30. The minimum atomic E-state index is -0.479. The summed E-state index contributed by atoms with van der Waals surface area (Å²) in [6.07, 6.45) is 3.58. The van der Waals surface area contributed by atoms with Crippen molar-refractivity contribution in [3.8, 4) is 0 Å². The number of hydrogen-bond donors (Lipinski definition) is 0. The molecular formula is C19H29N5O2. The Morgan fingerprint density at radius 1 is 1.35 bits per heavy atom. The Balaban J connectivity index is 1.89. The summed E-state index contributed by atoms with van der Waals surface area (Å²) in [5, 5.41) is 4.72. The van der Waals surface area contributed by atoms with Gasteiger partial charge in [-0.25, -0.2) is 14.3 Å². The third-order valence-electron chi connectivity index (χ3n) is 4.63. The topological polar surface area (TPSA) is 63.0 Å². The minimum Gasteiger partial charge on any atom is -0.444 e. The third-order valence-corrected chi connectivity index (χ3v) is 4.63. The highest BCUT2D eigenvalue weighted by atomic mass is 16.6. The van der Waals surface area contributed by atoms with Crippen LogP contribution >= 0.6 is 0 Å². The van der Waals surface area contributed by atoms with Crippen molar-refractivity contribution in [3.63, 3.8) is 0 Å². The van der Waals surface area contributed by atoms with Crippen LogP contribution in [0.4, 0.5) is 10.5 Å². The molecule has 3 heterocycles. The summed E-state index contributed by atoms with van der Waals surface area (Å²) in [5.41, 5.74) is 3.47. The van der Waals surface area contributed by atoms with E-state index in [2.05, 4.69) is 4.98 Å². The van der Waals surface area contributed by atoms with Crippen molar-refractivity contribution in [3.05, 3.63) is 23.7 Å². The second-order valence-electron chi connectivity index (χ2n) is 8.20. The average molecular weight is 359 g/mol. The second kappa shape index (κ2) is 6.78. The molecule has 1 unspecified atom stereocenters. The van der Waals surface area contributed by atoms with Crippen molar-refractivity contribution in [2.75, 3.05) is 32.1 Å². The largest absolute Gasteiger partial charge is 0.444 e. The fraction of sp³-hybridized carbons (Fsp3) is 0.632. The van der Waals surface area contributed by atoms with Crippen molar-refractivity contribution >= 4 is 17.4 Å². The molecule has 0 saturated carbocycles. The fourth-order valence-electron chi connectivity index (χ4n) is 3.60. The number of fused-ring (bicyclic) bond motifs is 1. The number of ether oxygens (including phenoxy) is 1. The van der Waals surface area contributed by atoms with E-state index in [1.807, 2.05) is 68.4 Å². The first-order valence-corrected chi connectivity index (χ1v) is 9.17. The Morgan fingerprint density at radius 3 is 2.73 bits per heavy atom. The van der Waals surface area contributed by atoms with Gasteiger partial charge >= 0.3 is 6.09 Å². The van der Waals surface area contributed by atoms with Crippen molar-refractivity contribution in [1.82, 2.24) is 19.5 Å². The van der Waals surface area contributed by atoms with E-state index >= 15 is 0 Å². The molecule has 26 heavy (non-hydrogen) atoms. The normalized spacial score (nSPS) is 18.2. The van der Waals surface area contributed by atoms with Gasteiger partial charge in [-0.2, -0.15) is 5.10 Å².